The Morgan fingerprint density at radius 3 is 2.54 bits per heavy atom. The first-order valence-electron chi connectivity index (χ1n) is 7.89. The average Bonchev–Trinajstić information content (AvgIpc) is 3.01. The van der Waals surface area contributed by atoms with E-state index in [2.05, 4.69) is 10.3 Å². The van der Waals surface area contributed by atoms with Crippen molar-refractivity contribution in [3.8, 4) is 0 Å². The lowest BCUT2D eigenvalue weighted by molar-refractivity contribution is 0.0940. The van der Waals surface area contributed by atoms with Crippen LogP contribution >= 0.6 is 0 Å². The van der Waals surface area contributed by atoms with Crippen molar-refractivity contribution in [2.24, 2.45) is 0 Å². The van der Waals surface area contributed by atoms with Gasteiger partial charge in [-0.2, -0.15) is 0 Å². The van der Waals surface area contributed by atoms with Gasteiger partial charge in [-0.1, -0.05) is 13.8 Å². The van der Waals surface area contributed by atoms with E-state index in [4.69, 9.17) is 0 Å². The van der Waals surface area contributed by atoms with Gasteiger partial charge in [0, 0.05) is 29.1 Å². The Labute approximate surface area is 147 Å². The number of halogens is 4. The van der Waals surface area contributed by atoms with E-state index < -0.39 is 34.3 Å². The first kappa shape index (κ1) is 18.0. The molecule has 1 amide bonds. The minimum Gasteiger partial charge on any atom is -0.361 e. The van der Waals surface area contributed by atoms with Gasteiger partial charge in [-0.15, -0.1) is 0 Å². The van der Waals surface area contributed by atoms with Crippen molar-refractivity contribution in [1.82, 2.24) is 10.3 Å². The van der Waals surface area contributed by atoms with Crippen molar-refractivity contribution in [3.63, 3.8) is 0 Å². The molecule has 7 heteroatoms. The predicted molar refractivity (Wildman–Crippen MR) is 89.9 cm³/mol. The topological polar surface area (TPSA) is 44.9 Å². The van der Waals surface area contributed by atoms with E-state index in [0.717, 1.165) is 17.1 Å². The van der Waals surface area contributed by atoms with Gasteiger partial charge in [0.1, 0.15) is 5.82 Å². The number of aromatic nitrogens is 1. The maximum atomic E-state index is 13.7. The molecule has 0 aliphatic heterocycles. The number of rotatable bonds is 4. The van der Waals surface area contributed by atoms with Crippen molar-refractivity contribution in [1.29, 1.82) is 0 Å². The monoisotopic (exact) mass is 364 g/mol. The van der Waals surface area contributed by atoms with Crippen molar-refractivity contribution in [2.45, 2.75) is 19.3 Å². The van der Waals surface area contributed by atoms with Crippen molar-refractivity contribution in [2.75, 3.05) is 6.54 Å². The molecule has 0 saturated heterocycles. The molecule has 0 aliphatic rings. The van der Waals surface area contributed by atoms with Gasteiger partial charge >= 0.3 is 0 Å². The Kier molecular flexibility index (Phi) is 4.48. The smallest absolute Gasteiger partial charge is 0.254 e. The quantitative estimate of drug-likeness (QED) is 0.522. The van der Waals surface area contributed by atoms with Gasteiger partial charge in [-0.05, 0) is 35.9 Å². The van der Waals surface area contributed by atoms with Gasteiger partial charge in [0.05, 0.1) is 5.56 Å². The van der Waals surface area contributed by atoms with Gasteiger partial charge in [-0.3, -0.25) is 4.79 Å². The Hall–Kier alpha value is -2.83. The summed E-state index contributed by atoms with van der Waals surface area (Å²) in [5.41, 5.74) is 0.298. The lowest BCUT2D eigenvalue weighted by Crippen LogP contribution is -2.37. The van der Waals surface area contributed by atoms with Gasteiger partial charge in [0.25, 0.3) is 5.91 Å². The molecule has 0 atom stereocenters. The van der Waals surface area contributed by atoms with E-state index in [0.29, 0.717) is 11.5 Å². The van der Waals surface area contributed by atoms with E-state index in [-0.39, 0.29) is 12.4 Å². The van der Waals surface area contributed by atoms with Crippen molar-refractivity contribution >= 4 is 16.8 Å². The molecule has 0 saturated carbocycles. The maximum absolute atomic E-state index is 13.7. The van der Waals surface area contributed by atoms with Crippen LogP contribution in [0.2, 0.25) is 0 Å². The highest BCUT2D eigenvalue weighted by Gasteiger charge is 2.26. The average molecular weight is 364 g/mol. The van der Waals surface area contributed by atoms with Gasteiger partial charge < -0.3 is 10.3 Å². The summed E-state index contributed by atoms with van der Waals surface area (Å²) in [6.07, 6.45) is 1.72. The van der Waals surface area contributed by atoms with Crippen molar-refractivity contribution in [3.05, 3.63) is 70.9 Å². The number of hydrogen-bond donors (Lipinski definition) is 2. The molecule has 0 unspecified atom stereocenters. The minimum absolute atomic E-state index is 0.0771. The molecule has 1 aromatic heterocycles. The van der Waals surface area contributed by atoms with Gasteiger partial charge in [0.2, 0.25) is 0 Å². The van der Waals surface area contributed by atoms with Crippen LogP contribution in [0.3, 0.4) is 0 Å². The fourth-order valence-corrected chi connectivity index (χ4v) is 2.85. The summed E-state index contributed by atoms with van der Waals surface area (Å²) in [7, 11) is 0. The van der Waals surface area contributed by atoms with Crippen LogP contribution in [0.5, 0.6) is 0 Å². The standard InChI is InChI=1S/C19H16F4N2O/c1-19(2,13-8-24-15-6-3-10(20)7-12(13)15)9-25-18(26)11-4-5-14(21)17(23)16(11)22/h3-8,24H,9H2,1-2H3,(H,25,26). The normalized spacial score (nSPS) is 11.8. The van der Waals surface area contributed by atoms with E-state index >= 15 is 0 Å². The van der Waals surface area contributed by atoms with Crippen LogP contribution in [-0.4, -0.2) is 17.4 Å². The molecule has 1 heterocycles. The number of nitrogens with one attached hydrogen (secondary N) is 2. The molecule has 0 radical (unpaired) electrons. The maximum Gasteiger partial charge on any atom is 0.254 e. The van der Waals surface area contributed by atoms with E-state index in [1.807, 2.05) is 13.8 Å². The Bertz CT molecular complexity index is 995. The first-order valence-corrected chi connectivity index (χ1v) is 7.89. The number of hydrogen-bond acceptors (Lipinski definition) is 1. The second kappa shape index (κ2) is 6.48. The SMILES string of the molecule is CC(C)(CNC(=O)c1ccc(F)c(F)c1F)c1c[nH]c2ccc(F)cc12. The highest BCUT2D eigenvalue weighted by molar-refractivity contribution is 5.94. The number of H-pyrrole nitrogens is 1. The number of amides is 1. The largest absolute Gasteiger partial charge is 0.361 e. The zero-order valence-electron chi connectivity index (χ0n) is 14.1. The molecule has 136 valence electrons. The number of carbonyl (C=O) groups excluding carboxylic acids is 1. The van der Waals surface area contributed by atoms with Gasteiger partial charge in [0.15, 0.2) is 17.5 Å². The minimum atomic E-state index is -1.69. The van der Waals surface area contributed by atoms with E-state index in [9.17, 15) is 22.4 Å². The number of fused-ring (bicyclic) bond motifs is 1. The van der Waals surface area contributed by atoms with Crippen LogP contribution in [0.1, 0.15) is 29.8 Å². The Morgan fingerprint density at radius 1 is 1.08 bits per heavy atom. The zero-order chi connectivity index (χ0) is 19.1. The summed E-state index contributed by atoms with van der Waals surface area (Å²) in [5.74, 6) is -5.83. The third kappa shape index (κ3) is 3.16. The Morgan fingerprint density at radius 2 is 1.81 bits per heavy atom. The molecule has 0 spiro atoms. The second-order valence-electron chi connectivity index (χ2n) is 6.68. The predicted octanol–water partition coefficient (Wildman–Crippen LogP) is 4.43. The highest BCUT2D eigenvalue weighted by Crippen LogP contribution is 2.30. The van der Waals surface area contributed by atoms with Crippen LogP contribution < -0.4 is 5.32 Å². The van der Waals surface area contributed by atoms with Crippen LogP contribution in [0.15, 0.2) is 36.5 Å². The molecular formula is C19H16F4N2O. The molecule has 0 aliphatic carbocycles. The third-order valence-corrected chi connectivity index (χ3v) is 4.34. The van der Waals surface area contributed by atoms with E-state index in [1.54, 1.807) is 12.3 Å². The number of carbonyl (C=O) groups is 1. The lowest BCUT2D eigenvalue weighted by atomic mass is 9.84. The molecule has 2 aromatic carbocycles. The molecule has 2 N–H and O–H groups in total. The fourth-order valence-electron chi connectivity index (χ4n) is 2.85. The molecule has 3 aromatic rings. The second-order valence-corrected chi connectivity index (χ2v) is 6.68. The molecule has 26 heavy (non-hydrogen) atoms. The number of benzene rings is 2. The van der Waals surface area contributed by atoms with Crippen LogP contribution in [0.25, 0.3) is 10.9 Å². The van der Waals surface area contributed by atoms with Crippen molar-refractivity contribution < 1.29 is 22.4 Å². The molecule has 0 fully saturated rings. The summed E-state index contributed by atoms with van der Waals surface area (Å²) >= 11 is 0. The van der Waals surface area contributed by atoms with Gasteiger partial charge in [-0.25, -0.2) is 17.6 Å². The van der Waals surface area contributed by atoms with E-state index in [1.165, 1.54) is 12.1 Å². The van der Waals surface area contributed by atoms with Crippen LogP contribution in [-0.2, 0) is 5.41 Å². The highest BCUT2D eigenvalue weighted by atomic mass is 19.2. The molecule has 3 nitrogen and oxygen atoms in total. The molecule has 3 rings (SSSR count). The zero-order valence-corrected chi connectivity index (χ0v) is 14.1. The summed E-state index contributed by atoms with van der Waals surface area (Å²) in [5, 5.41) is 3.19. The first-order chi connectivity index (χ1) is 12.2. The molecular weight excluding hydrogens is 348 g/mol. The fraction of sp³-hybridized carbons (Fsp3) is 0.211. The molecule has 0 bridgehead atoms. The summed E-state index contributed by atoms with van der Waals surface area (Å²) in [6, 6.07) is 5.92. The van der Waals surface area contributed by atoms with Crippen LogP contribution in [0, 0.1) is 23.3 Å². The summed E-state index contributed by atoms with van der Waals surface area (Å²) < 4.78 is 53.6. The summed E-state index contributed by atoms with van der Waals surface area (Å²) in [6.45, 7) is 3.72. The van der Waals surface area contributed by atoms with Crippen LogP contribution in [0.4, 0.5) is 17.6 Å². The Balaban J connectivity index is 1.82. The summed E-state index contributed by atoms with van der Waals surface area (Å²) in [4.78, 5) is 15.2. The number of aromatic amines is 1. The third-order valence-electron chi connectivity index (χ3n) is 4.34. The lowest BCUT2D eigenvalue weighted by Gasteiger charge is -2.25.